The highest BCUT2D eigenvalue weighted by molar-refractivity contribution is 5.25. The van der Waals surface area contributed by atoms with Gasteiger partial charge in [-0.05, 0) is 32.2 Å². The summed E-state index contributed by atoms with van der Waals surface area (Å²) in [5.74, 6) is 0.786. The molecule has 0 radical (unpaired) electrons. The van der Waals surface area contributed by atoms with Crippen LogP contribution in [0.3, 0.4) is 0 Å². The fraction of sp³-hybridized carbons (Fsp3) is 0.750. The first kappa shape index (κ1) is 17.1. The monoisotopic (exact) mass is 279 g/mol. The molecule has 0 amide bonds. The Balaban J connectivity index is 3.03. The number of nitrogens with one attached hydrogen (secondary N) is 1. The van der Waals surface area contributed by atoms with Crippen molar-refractivity contribution in [3.63, 3.8) is 0 Å². The normalized spacial score (nSPS) is 13.6. The van der Waals surface area contributed by atoms with Crippen molar-refractivity contribution in [3.05, 3.63) is 22.8 Å². The predicted molar refractivity (Wildman–Crippen MR) is 82.7 cm³/mol. The minimum atomic E-state index is -0.0856. The number of aryl methyl sites for hydroxylation is 2. The molecule has 0 aliphatic carbocycles. The maximum atomic E-state index is 5.61. The summed E-state index contributed by atoms with van der Waals surface area (Å²) in [4.78, 5) is 9.35. The van der Waals surface area contributed by atoms with Crippen LogP contribution >= 0.6 is 0 Å². The first-order chi connectivity index (χ1) is 9.31. The molecule has 114 valence electrons. The molecule has 1 N–H and O–H groups in total. The summed E-state index contributed by atoms with van der Waals surface area (Å²) in [6.45, 7) is 14.6. The van der Waals surface area contributed by atoms with Crippen LogP contribution in [-0.4, -0.2) is 23.6 Å². The third-order valence-corrected chi connectivity index (χ3v) is 3.42. The van der Waals surface area contributed by atoms with Gasteiger partial charge in [-0.3, -0.25) is 0 Å². The largest absolute Gasteiger partial charge is 0.373 e. The summed E-state index contributed by atoms with van der Waals surface area (Å²) in [6.07, 6.45) is 1.05. The van der Waals surface area contributed by atoms with E-state index >= 15 is 0 Å². The molecule has 0 aliphatic rings. The van der Waals surface area contributed by atoms with E-state index in [4.69, 9.17) is 4.74 Å². The maximum absolute atomic E-state index is 5.61. The lowest BCUT2D eigenvalue weighted by Gasteiger charge is -2.28. The summed E-state index contributed by atoms with van der Waals surface area (Å²) in [6, 6.07) is 0. The highest BCUT2D eigenvalue weighted by Crippen LogP contribution is 2.34. The van der Waals surface area contributed by atoms with Crippen LogP contribution in [0.1, 0.15) is 63.0 Å². The zero-order valence-electron chi connectivity index (χ0n) is 14.0. The second-order valence-corrected chi connectivity index (χ2v) is 6.39. The Morgan fingerprint density at radius 2 is 1.70 bits per heavy atom. The molecule has 0 fully saturated rings. The lowest BCUT2D eigenvalue weighted by molar-refractivity contribution is 0.00839. The molecule has 0 bridgehead atoms. The van der Waals surface area contributed by atoms with Crippen molar-refractivity contribution in [2.75, 3.05) is 13.7 Å². The van der Waals surface area contributed by atoms with E-state index in [9.17, 15) is 0 Å². The molecule has 4 heteroatoms. The topological polar surface area (TPSA) is 47.0 Å². The highest BCUT2D eigenvalue weighted by atomic mass is 16.5. The van der Waals surface area contributed by atoms with Crippen molar-refractivity contribution in [1.29, 1.82) is 0 Å². The van der Waals surface area contributed by atoms with Gasteiger partial charge in [0.15, 0.2) is 5.82 Å². The standard InChI is InChI=1S/C16H29N3O/c1-8-9-17-10-13-11(2)18-15(19-12(13)3)14(20-7)16(4,5)6/h14,17H,8-10H2,1-7H3. The molecule has 0 saturated carbocycles. The molecule has 0 saturated heterocycles. The van der Waals surface area contributed by atoms with Gasteiger partial charge in [-0.2, -0.15) is 0 Å². The van der Waals surface area contributed by atoms with Crippen molar-refractivity contribution < 1.29 is 4.74 Å². The van der Waals surface area contributed by atoms with E-state index in [0.717, 1.165) is 36.7 Å². The summed E-state index contributed by atoms with van der Waals surface area (Å²) in [7, 11) is 1.72. The molecule has 1 aromatic rings. The minimum Gasteiger partial charge on any atom is -0.373 e. The molecule has 1 atom stereocenters. The molecule has 1 aromatic heterocycles. The van der Waals surface area contributed by atoms with Crippen molar-refractivity contribution in [2.24, 2.45) is 5.41 Å². The number of hydrogen-bond donors (Lipinski definition) is 1. The number of aromatic nitrogens is 2. The van der Waals surface area contributed by atoms with Gasteiger partial charge in [-0.15, -0.1) is 0 Å². The lowest BCUT2D eigenvalue weighted by atomic mass is 9.88. The van der Waals surface area contributed by atoms with Crippen LogP contribution in [0.5, 0.6) is 0 Å². The third kappa shape index (κ3) is 4.25. The van der Waals surface area contributed by atoms with E-state index in [0.29, 0.717) is 0 Å². The first-order valence-electron chi connectivity index (χ1n) is 7.38. The van der Waals surface area contributed by atoms with E-state index in [-0.39, 0.29) is 11.5 Å². The van der Waals surface area contributed by atoms with Gasteiger partial charge >= 0.3 is 0 Å². The molecule has 1 unspecified atom stereocenters. The Hall–Kier alpha value is -1.00. The summed E-state index contributed by atoms with van der Waals surface area (Å²) in [5.41, 5.74) is 3.27. The fourth-order valence-electron chi connectivity index (χ4n) is 2.37. The average Bonchev–Trinajstić information content (AvgIpc) is 2.31. The van der Waals surface area contributed by atoms with Gasteiger partial charge in [0.25, 0.3) is 0 Å². The van der Waals surface area contributed by atoms with E-state index < -0.39 is 0 Å². The van der Waals surface area contributed by atoms with Gasteiger partial charge < -0.3 is 10.1 Å². The number of ether oxygens (including phenoxy) is 1. The van der Waals surface area contributed by atoms with Gasteiger partial charge in [-0.25, -0.2) is 9.97 Å². The predicted octanol–water partition coefficient (Wildman–Crippen LogP) is 3.33. The Kier molecular flexibility index (Phi) is 6.08. The molecule has 0 aliphatic heterocycles. The van der Waals surface area contributed by atoms with E-state index in [1.54, 1.807) is 7.11 Å². The number of hydrogen-bond acceptors (Lipinski definition) is 4. The van der Waals surface area contributed by atoms with E-state index in [1.165, 1.54) is 5.56 Å². The van der Waals surface area contributed by atoms with E-state index in [2.05, 4.69) is 56.8 Å². The Morgan fingerprint density at radius 1 is 1.15 bits per heavy atom. The Labute approximate surface area is 123 Å². The summed E-state index contributed by atoms with van der Waals surface area (Å²) < 4.78 is 5.61. The molecular weight excluding hydrogens is 250 g/mol. The number of nitrogens with zero attached hydrogens (tertiary/aromatic N) is 2. The number of methoxy groups -OCH3 is 1. The van der Waals surface area contributed by atoms with Crippen LogP contribution in [0.2, 0.25) is 0 Å². The zero-order valence-corrected chi connectivity index (χ0v) is 14.0. The molecule has 20 heavy (non-hydrogen) atoms. The van der Waals surface area contributed by atoms with Crippen LogP contribution in [0.4, 0.5) is 0 Å². The molecule has 0 aromatic carbocycles. The molecule has 1 heterocycles. The van der Waals surface area contributed by atoms with Crippen LogP contribution in [0.25, 0.3) is 0 Å². The van der Waals surface area contributed by atoms with Crippen LogP contribution in [-0.2, 0) is 11.3 Å². The first-order valence-corrected chi connectivity index (χ1v) is 7.38. The Morgan fingerprint density at radius 3 is 2.10 bits per heavy atom. The minimum absolute atomic E-state index is 0.0182. The molecule has 0 spiro atoms. The maximum Gasteiger partial charge on any atom is 0.158 e. The van der Waals surface area contributed by atoms with Crippen molar-refractivity contribution in [1.82, 2.24) is 15.3 Å². The average molecular weight is 279 g/mol. The van der Waals surface area contributed by atoms with Gasteiger partial charge in [0, 0.05) is 30.6 Å². The summed E-state index contributed by atoms with van der Waals surface area (Å²) >= 11 is 0. The second kappa shape index (κ2) is 7.14. The van der Waals surface area contributed by atoms with Crippen molar-refractivity contribution >= 4 is 0 Å². The number of rotatable bonds is 6. The van der Waals surface area contributed by atoms with Crippen LogP contribution in [0, 0.1) is 19.3 Å². The molecule has 1 rings (SSSR count). The third-order valence-electron chi connectivity index (χ3n) is 3.42. The molecule has 4 nitrogen and oxygen atoms in total. The quantitative estimate of drug-likeness (QED) is 0.811. The van der Waals surface area contributed by atoms with Gasteiger partial charge in [0.2, 0.25) is 0 Å². The Bertz CT molecular complexity index is 415. The lowest BCUT2D eigenvalue weighted by Crippen LogP contribution is -2.24. The van der Waals surface area contributed by atoms with Crippen LogP contribution < -0.4 is 5.32 Å². The highest BCUT2D eigenvalue weighted by Gasteiger charge is 2.29. The SMILES string of the molecule is CCCNCc1c(C)nc(C(OC)C(C)(C)C)nc1C. The van der Waals surface area contributed by atoms with Gasteiger partial charge in [0.1, 0.15) is 6.10 Å². The van der Waals surface area contributed by atoms with E-state index in [1.807, 2.05) is 0 Å². The van der Waals surface area contributed by atoms with Crippen molar-refractivity contribution in [2.45, 2.75) is 60.6 Å². The fourth-order valence-corrected chi connectivity index (χ4v) is 2.37. The van der Waals surface area contributed by atoms with Crippen LogP contribution in [0.15, 0.2) is 0 Å². The summed E-state index contributed by atoms with van der Waals surface area (Å²) in [5, 5.41) is 3.41. The zero-order chi connectivity index (χ0) is 15.3. The van der Waals surface area contributed by atoms with Crippen molar-refractivity contribution in [3.8, 4) is 0 Å². The smallest absolute Gasteiger partial charge is 0.158 e. The van der Waals surface area contributed by atoms with Gasteiger partial charge in [0.05, 0.1) is 0 Å². The molecular formula is C16H29N3O. The van der Waals surface area contributed by atoms with Gasteiger partial charge in [-0.1, -0.05) is 27.7 Å². The second-order valence-electron chi connectivity index (χ2n) is 6.39.